The van der Waals surface area contributed by atoms with E-state index in [-0.39, 0.29) is 6.61 Å². The van der Waals surface area contributed by atoms with E-state index in [2.05, 4.69) is 15.5 Å². The fourth-order valence-electron chi connectivity index (χ4n) is 2.08. The molecule has 3 aromatic rings. The summed E-state index contributed by atoms with van der Waals surface area (Å²) in [7, 11) is 0. The van der Waals surface area contributed by atoms with Crippen LogP contribution in [0.25, 0.3) is 11.3 Å². The molecule has 0 aliphatic rings. The number of hydrogen-bond acceptors (Lipinski definition) is 5. The fraction of sp³-hybridized carbons (Fsp3) is 0.267. The summed E-state index contributed by atoms with van der Waals surface area (Å²) in [5.41, 5.74) is 2.67. The van der Waals surface area contributed by atoms with Crippen molar-refractivity contribution >= 4 is 0 Å². The number of aromatic nitrogens is 4. The highest BCUT2D eigenvalue weighted by molar-refractivity contribution is 5.56. The highest BCUT2D eigenvalue weighted by Crippen LogP contribution is 2.19. The molecule has 0 aliphatic heterocycles. The third-order valence-corrected chi connectivity index (χ3v) is 3.12. The van der Waals surface area contributed by atoms with Crippen molar-refractivity contribution in [1.29, 1.82) is 0 Å². The molecule has 6 heteroatoms. The first-order chi connectivity index (χ1) is 10.3. The Bertz CT molecular complexity index is 691. The molecule has 2 aromatic heterocycles. The molecule has 0 saturated heterocycles. The third-order valence-electron chi connectivity index (χ3n) is 3.12. The van der Waals surface area contributed by atoms with Gasteiger partial charge in [0, 0.05) is 24.4 Å². The van der Waals surface area contributed by atoms with E-state index in [1.54, 1.807) is 4.68 Å². The summed E-state index contributed by atoms with van der Waals surface area (Å²) in [6.45, 7) is 0.680. The van der Waals surface area contributed by atoms with Crippen LogP contribution in [0.3, 0.4) is 0 Å². The van der Waals surface area contributed by atoms with Crippen LogP contribution < -0.4 is 0 Å². The van der Waals surface area contributed by atoms with Crippen molar-refractivity contribution < 1.29 is 9.63 Å². The van der Waals surface area contributed by atoms with Crippen LogP contribution in [0.15, 0.2) is 47.1 Å². The summed E-state index contributed by atoms with van der Waals surface area (Å²) >= 11 is 0. The monoisotopic (exact) mass is 284 g/mol. The molecule has 0 aliphatic carbocycles. The van der Waals surface area contributed by atoms with Crippen LogP contribution in [-0.2, 0) is 13.0 Å². The minimum atomic E-state index is 0.163. The van der Waals surface area contributed by atoms with E-state index in [4.69, 9.17) is 9.63 Å². The molecule has 0 spiro atoms. The maximum absolute atomic E-state index is 8.80. The van der Waals surface area contributed by atoms with Crippen molar-refractivity contribution in [1.82, 2.24) is 20.2 Å². The average Bonchev–Trinajstić information content (AvgIpc) is 3.16. The maximum atomic E-state index is 8.80. The summed E-state index contributed by atoms with van der Waals surface area (Å²) in [6, 6.07) is 11.7. The molecule has 0 unspecified atom stereocenters. The van der Waals surface area contributed by atoms with Crippen molar-refractivity contribution in [3.8, 4) is 11.3 Å². The number of aliphatic hydroxyl groups is 1. The number of aliphatic hydroxyl groups excluding tert-OH is 1. The molecule has 1 aromatic carbocycles. The van der Waals surface area contributed by atoms with Crippen LogP contribution in [0.5, 0.6) is 0 Å². The Balaban J connectivity index is 1.68. The summed E-state index contributed by atoms with van der Waals surface area (Å²) in [6.07, 6.45) is 3.29. The molecule has 6 nitrogen and oxygen atoms in total. The lowest BCUT2D eigenvalue weighted by Crippen LogP contribution is -2.00. The number of benzene rings is 1. The first-order valence-corrected chi connectivity index (χ1v) is 6.86. The van der Waals surface area contributed by atoms with Gasteiger partial charge in [-0.15, -0.1) is 5.10 Å². The molecule has 1 N–H and O–H groups in total. The Morgan fingerprint density at radius 2 is 2.00 bits per heavy atom. The second kappa shape index (κ2) is 6.32. The molecule has 0 bridgehead atoms. The zero-order valence-corrected chi connectivity index (χ0v) is 11.5. The molecule has 3 rings (SSSR count). The molecular weight excluding hydrogens is 268 g/mol. The highest BCUT2D eigenvalue weighted by Gasteiger charge is 2.08. The van der Waals surface area contributed by atoms with Gasteiger partial charge in [-0.3, -0.25) is 0 Å². The second-order valence-electron chi connectivity index (χ2n) is 4.78. The normalized spacial score (nSPS) is 10.9. The minimum absolute atomic E-state index is 0.163. The van der Waals surface area contributed by atoms with E-state index >= 15 is 0 Å². The predicted molar refractivity (Wildman–Crippen MR) is 76.5 cm³/mol. The summed E-state index contributed by atoms with van der Waals surface area (Å²) < 4.78 is 7.07. The molecule has 0 saturated carbocycles. The largest absolute Gasteiger partial charge is 0.396 e. The third kappa shape index (κ3) is 3.35. The zero-order valence-electron chi connectivity index (χ0n) is 11.5. The SMILES string of the molecule is OCCCc1cn(Cc2cc(-c3ccccc3)on2)nn1. The molecule has 21 heavy (non-hydrogen) atoms. The van der Waals surface area contributed by atoms with Gasteiger partial charge in [0.25, 0.3) is 0 Å². The maximum Gasteiger partial charge on any atom is 0.167 e. The van der Waals surface area contributed by atoms with Gasteiger partial charge in [-0.2, -0.15) is 0 Å². The van der Waals surface area contributed by atoms with Gasteiger partial charge in [0.05, 0.1) is 12.2 Å². The van der Waals surface area contributed by atoms with Crippen molar-refractivity contribution in [2.75, 3.05) is 6.61 Å². The van der Waals surface area contributed by atoms with Gasteiger partial charge in [0.15, 0.2) is 5.76 Å². The predicted octanol–water partition coefficient (Wildman–Crippen LogP) is 1.91. The zero-order chi connectivity index (χ0) is 14.5. The highest BCUT2D eigenvalue weighted by atomic mass is 16.5. The number of nitrogens with zero attached hydrogens (tertiary/aromatic N) is 4. The van der Waals surface area contributed by atoms with Crippen molar-refractivity contribution in [3.63, 3.8) is 0 Å². The summed E-state index contributed by atoms with van der Waals surface area (Å²) in [4.78, 5) is 0. The molecule has 0 amide bonds. The molecule has 0 fully saturated rings. The topological polar surface area (TPSA) is 77.0 Å². The summed E-state index contributed by atoms with van der Waals surface area (Å²) in [5, 5.41) is 21.0. The quantitative estimate of drug-likeness (QED) is 0.748. The fourth-order valence-corrected chi connectivity index (χ4v) is 2.08. The van der Waals surface area contributed by atoms with Crippen LogP contribution in [0.1, 0.15) is 17.8 Å². The van der Waals surface area contributed by atoms with Crippen molar-refractivity contribution in [3.05, 3.63) is 54.0 Å². The Morgan fingerprint density at radius 3 is 2.81 bits per heavy atom. The van der Waals surface area contributed by atoms with Gasteiger partial charge in [-0.05, 0) is 12.8 Å². The number of rotatable bonds is 6. The lowest BCUT2D eigenvalue weighted by molar-refractivity contribution is 0.288. The molecule has 108 valence electrons. The van der Waals surface area contributed by atoms with E-state index in [1.807, 2.05) is 42.6 Å². The molecule has 0 atom stereocenters. The van der Waals surface area contributed by atoms with Gasteiger partial charge >= 0.3 is 0 Å². The van der Waals surface area contributed by atoms with Gasteiger partial charge in [-0.1, -0.05) is 40.7 Å². The van der Waals surface area contributed by atoms with E-state index < -0.39 is 0 Å². The lowest BCUT2D eigenvalue weighted by Gasteiger charge is -1.94. The smallest absolute Gasteiger partial charge is 0.167 e. The Hall–Kier alpha value is -2.47. The summed E-state index contributed by atoms with van der Waals surface area (Å²) in [5.74, 6) is 0.742. The van der Waals surface area contributed by atoms with Crippen molar-refractivity contribution in [2.24, 2.45) is 0 Å². The van der Waals surface area contributed by atoms with Crippen LogP contribution >= 0.6 is 0 Å². The second-order valence-corrected chi connectivity index (χ2v) is 4.78. The van der Waals surface area contributed by atoms with Crippen LogP contribution in [-0.4, -0.2) is 31.9 Å². The van der Waals surface area contributed by atoms with Crippen LogP contribution in [0, 0.1) is 0 Å². The van der Waals surface area contributed by atoms with Crippen molar-refractivity contribution in [2.45, 2.75) is 19.4 Å². The van der Waals surface area contributed by atoms with Crippen LogP contribution in [0.4, 0.5) is 0 Å². The van der Waals surface area contributed by atoms with Gasteiger partial charge < -0.3 is 9.63 Å². The molecular formula is C15H16N4O2. The van der Waals surface area contributed by atoms with Gasteiger partial charge in [-0.25, -0.2) is 4.68 Å². The van der Waals surface area contributed by atoms with Crippen LogP contribution in [0.2, 0.25) is 0 Å². The number of hydrogen-bond donors (Lipinski definition) is 1. The van der Waals surface area contributed by atoms with E-state index in [0.717, 1.165) is 29.1 Å². The first kappa shape index (κ1) is 13.5. The van der Waals surface area contributed by atoms with E-state index in [0.29, 0.717) is 13.0 Å². The average molecular weight is 284 g/mol. The van der Waals surface area contributed by atoms with E-state index in [9.17, 15) is 0 Å². The molecule has 0 radical (unpaired) electrons. The Kier molecular flexibility index (Phi) is 4.07. The van der Waals surface area contributed by atoms with Gasteiger partial charge in [0.1, 0.15) is 5.69 Å². The first-order valence-electron chi connectivity index (χ1n) is 6.86. The Labute approximate surface area is 122 Å². The molecule has 2 heterocycles. The minimum Gasteiger partial charge on any atom is -0.396 e. The van der Waals surface area contributed by atoms with E-state index in [1.165, 1.54) is 0 Å². The number of aryl methyl sites for hydroxylation is 1. The lowest BCUT2D eigenvalue weighted by atomic mass is 10.2. The van der Waals surface area contributed by atoms with Gasteiger partial charge in [0.2, 0.25) is 0 Å². The standard InChI is InChI=1S/C15H16N4O2/c20-8-4-7-13-10-19(18-16-13)11-14-9-15(21-17-14)12-5-2-1-3-6-12/h1-3,5-6,9-10,20H,4,7-8,11H2. The Morgan fingerprint density at radius 1 is 1.14 bits per heavy atom.